The molecule has 24 heavy (non-hydrogen) atoms. The summed E-state index contributed by atoms with van der Waals surface area (Å²) in [6.07, 6.45) is 0.917. The fourth-order valence-corrected chi connectivity index (χ4v) is 3.15. The standard InChI is InChI=1S/C17H16BrF2NO2S/c1-23-15-8-2-11(10-14(15)18)3-9-16(22)21-12-4-6-13(7-5-12)24-17(19)20/h2,4-8,10,17H,3,9H2,1H3,(H,21,22). The van der Waals surface area contributed by atoms with Gasteiger partial charge in [0.2, 0.25) is 5.91 Å². The molecule has 3 nitrogen and oxygen atoms in total. The number of benzene rings is 2. The van der Waals surface area contributed by atoms with E-state index in [0.29, 0.717) is 35.2 Å². The van der Waals surface area contributed by atoms with Gasteiger partial charge in [0.05, 0.1) is 11.6 Å². The number of amides is 1. The first-order valence-electron chi connectivity index (χ1n) is 7.15. The Morgan fingerprint density at radius 2 is 1.96 bits per heavy atom. The summed E-state index contributed by atoms with van der Waals surface area (Å²) in [5, 5.41) is 2.76. The van der Waals surface area contributed by atoms with Gasteiger partial charge in [-0.1, -0.05) is 17.8 Å². The molecular weight excluding hydrogens is 400 g/mol. The molecule has 0 fully saturated rings. The topological polar surface area (TPSA) is 38.3 Å². The van der Waals surface area contributed by atoms with E-state index in [1.807, 2.05) is 18.2 Å². The minimum Gasteiger partial charge on any atom is -0.496 e. The Kier molecular flexibility index (Phi) is 7.05. The van der Waals surface area contributed by atoms with Crippen molar-refractivity contribution < 1.29 is 18.3 Å². The van der Waals surface area contributed by atoms with E-state index in [1.165, 1.54) is 0 Å². The Bertz CT molecular complexity index is 695. The van der Waals surface area contributed by atoms with E-state index in [4.69, 9.17) is 4.74 Å². The van der Waals surface area contributed by atoms with Gasteiger partial charge in [0.25, 0.3) is 5.76 Å². The lowest BCUT2D eigenvalue weighted by Crippen LogP contribution is -2.12. The number of ether oxygens (including phenoxy) is 1. The van der Waals surface area contributed by atoms with E-state index in [2.05, 4.69) is 21.2 Å². The number of anilines is 1. The average molecular weight is 416 g/mol. The number of thioether (sulfide) groups is 1. The fraction of sp³-hybridized carbons (Fsp3) is 0.235. The van der Waals surface area contributed by atoms with Gasteiger partial charge in [0.1, 0.15) is 5.75 Å². The van der Waals surface area contributed by atoms with E-state index in [-0.39, 0.29) is 5.91 Å². The van der Waals surface area contributed by atoms with E-state index in [9.17, 15) is 13.6 Å². The molecule has 0 aromatic heterocycles. The Labute approximate surface area is 151 Å². The molecule has 0 saturated heterocycles. The summed E-state index contributed by atoms with van der Waals surface area (Å²) >= 11 is 3.89. The second kappa shape index (κ2) is 9.03. The van der Waals surface area contributed by atoms with Gasteiger partial charge in [-0.3, -0.25) is 4.79 Å². The molecule has 0 heterocycles. The molecule has 2 aromatic carbocycles. The second-order valence-electron chi connectivity index (χ2n) is 4.92. The van der Waals surface area contributed by atoms with Crippen LogP contribution in [0.1, 0.15) is 12.0 Å². The number of alkyl halides is 2. The van der Waals surface area contributed by atoms with E-state index in [0.717, 1.165) is 15.8 Å². The molecule has 0 unspecified atom stereocenters. The molecule has 2 rings (SSSR count). The number of nitrogens with one attached hydrogen (secondary N) is 1. The van der Waals surface area contributed by atoms with Crippen LogP contribution in [0.15, 0.2) is 51.8 Å². The summed E-state index contributed by atoms with van der Waals surface area (Å²) in [5.41, 5.74) is 1.61. The number of carbonyl (C=O) groups excluding carboxylic acids is 1. The lowest BCUT2D eigenvalue weighted by Gasteiger charge is -2.08. The minimum absolute atomic E-state index is 0.129. The molecule has 7 heteroatoms. The van der Waals surface area contributed by atoms with Gasteiger partial charge >= 0.3 is 0 Å². The van der Waals surface area contributed by atoms with Crippen LogP contribution in [0.4, 0.5) is 14.5 Å². The molecule has 0 aliphatic heterocycles. The lowest BCUT2D eigenvalue weighted by molar-refractivity contribution is -0.116. The molecule has 0 atom stereocenters. The molecule has 1 amide bonds. The number of rotatable bonds is 7. The summed E-state index contributed by atoms with van der Waals surface area (Å²) < 4.78 is 30.5. The predicted molar refractivity (Wildman–Crippen MR) is 95.9 cm³/mol. The summed E-state index contributed by atoms with van der Waals surface area (Å²) in [5.74, 6) is -1.84. The van der Waals surface area contributed by atoms with Gasteiger partial charge in [-0.2, -0.15) is 8.78 Å². The first kappa shape index (κ1) is 18.7. The molecule has 2 aromatic rings. The molecular formula is C17H16BrF2NO2S. The van der Waals surface area contributed by atoms with Crippen molar-refractivity contribution in [2.75, 3.05) is 12.4 Å². The van der Waals surface area contributed by atoms with Crippen molar-refractivity contribution in [1.82, 2.24) is 0 Å². The van der Waals surface area contributed by atoms with Gasteiger partial charge in [0, 0.05) is 17.0 Å². The van der Waals surface area contributed by atoms with Crippen molar-refractivity contribution in [3.05, 3.63) is 52.5 Å². The van der Waals surface area contributed by atoms with Gasteiger partial charge in [-0.15, -0.1) is 0 Å². The van der Waals surface area contributed by atoms with E-state index >= 15 is 0 Å². The highest BCUT2D eigenvalue weighted by Crippen LogP contribution is 2.27. The van der Waals surface area contributed by atoms with Crippen molar-refractivity contribution in [2.24, 2.45) is 0 Å². The Hall–Kier alpha value is -1.60. The number of aryl methyl sites for hydroxylation is 1. The number of hydrogen-bond acceptors (Lipinski definition) is 3. The molecule has 0 saturated carbocycles. The maximum absolute atomic E-state index is 12.3. The van der Waals surface area contributed by atoms with Crippen LogP contribution in [0.3, 0.4) is 0 Å². The van der Waals surface area contributed by atoms with Crippen LogP contribution in [0.2, 0.25) is 0 Å². The zero-order valence-corrected chi connectivity index (χ0v) is 15.3. The van der Waals surface area contributed by atoms with Gasteiger partial charge in [-0.25, -0.2) is 0 Å². The van der Waals surface area contributed by atoms with E-state index in [1.54, 1.807) is 31.4 Å². The Balaban J connectivity index is 1.85. The van der Waals surface area contributed by atoms with Gasteiger partial charge in [-0.05, 0) is 64.3 Å². The largest absolute Gasteiger partial charge is 0.496 e. The first-order chi connectivity index (χ1) is 11.5. The summed E-state index contributed by atoms with van der Waals surface area (Å²) in [6.45, 7) is 0. The Morgan fingerprint density at radius 3 is 2.54 bits per heavy atom. The third-order valence-electron chi connectivity index (χ3n) is 3.22. The van der Waals surface area contributed by atoms with Crippen LogP contribution in [0, 0.1) is 0 Å². The fourth-order valence-electron chi connectivity index (χ4n) is 2.07. The van der Waals surface area contributed by atoms with Crippen LogP contribution in [0.25, 0.3) is 0 Å². The van der Waals surface area contributed by atoms with Crippen LogP contribution < -0.4 is 10.1 Å². The molecule has 0 bridgehead atoms. The molecule has 1 N–H and O–H groups in total. The highest BCUT2D eigenvalue weighted by Gasteiger charge is 2.07. The maximum atomic E-state index is 12.3. The van der Waals surface area contributed by atoms with Crippen molar-refractivity contribution in [2.45, 2.75) is 23.5 Å². The van der Waals surface area contributed by atoms with Crippen molar-refractivity contribution in [3.63, 3.8) is 0 Å². The average Bonchev–Trinajstić information content (AvgIpc) is 2.54. The zero-order chi connectivity index (χ0) is 17.5. The maximum Gasteiger partial charge on any atom is 0.288 e. The molecule has 128 valence electrons. The summed E-state index contributed by atoms with van der Waals surface area (Å²) in [6, 6.07) is 12.0. The highest BCUT2D eigenvalue weighted by atomic mass is 79.9. The summed E-state index contributed by atoms with van der Waals surface area (Å²) in [4.78, 5) is 12.4. The monoisotopic (exact) mass is 415 g/mol. The van der Waals surface area contributed by atoms with Gasteiger partial charge in [0.15, 0.2) is 0 Å². The molecule has 0 aliphatic carbocycles. The highest BCUT2D eigenvalue weighted by molar-refractivity contribution is 9.10. The molecule has 0 spiro atoms. The normalized spacial score (nSPS) is 10.7. The number of hydrogen-bond donors (Lipinski definition) is 1. The number of methoxy groups -OCH3 is 1. The third kappa shape index (κ3) is 5.79. The van der Waals surface area contributed by atoms with Crippen LogP contribution >= 0.6 is 27.7 Å². The SMILES string of the molecule is COc1ccc(CCC(=O)Nc2ccc(SC(F)F)cc2)cc1Br. The Morgan fingerprint density at radius 1 is 1.25 bits per heavy atom. The summed E-state index contributed by atoms with van der Waals surface area (Å²) in [7, 11) is 1.60. The second-order valence-corrected chi connectivity index (χ2v) is 6.84. The van der Waals surface area contributed by atoms with Crippen molar-refractivity contribution in [1.29, 1.82) is 0 Å². The van der Waals surface area contributed by atoms with E-state index < -0.39 is 5.76 Å². The van der Waals surface area contributed by atoms with Crippen LogP contribution in [-0.2, 0) is 11.2 Å². The van der Waals surface area contributed by atoms with Crippen LogP contribution in [0.5, 0.6) is 5.75 Å². The lowest BCUT2D eigenvalue weighted by atomic mass is 10.1. The first-order valence-corrected chi connectivity index (χ1v) is 8.82. The van der Waals surface area contributed by atoms with Crippen LogP contribution in [-0.4, -0.2) is 18.8 Å². The van der Waals surface area contributed by atoms with Crippen molar-refractivity contribution >= 4 is 39.3 Å². The van der Waals surface area contributed by atoms with Gasteiger partial charge < -0.3 is 10.1 Å². The minimum atomic E-state index is -2.45. The zero-order valence-electron chi connectivity index (χ0n) is 12.9. The third-order valence-corrected chi connectivity index (χ3v) is 4.56. The smallest absolute Gasteiger partial charge is 0.288 e. The predicted octanol–water partition coefficient (Wildman–Crippen LogP) is 5.34. The molecule has 0 aliphatic rings. The van der Waals surface area contributed by atoms with Crippen molar-refractivity contribution in [3.8, 4) is 5.75 Å². The quantitative estimate of drug-likeness (QED) is 0.619. The number of carbonyl (C=O) groups is 1. The number of halogens is 3. The molecule has 0 radical (unpaired) electrons.